The van der Waals surface area contributed by atoms with Crippen molar-refractivity contribution in [2.24, 2.45) is 0 Å². The van der Waals surface area contributed by atoms with Gasteiger partial charge in [-0.1, -0.05) is 35.3 Å². The molecule has 0 unspecified atom stereocenters. The highest BCUT2D eigenvalue weighted by molar-refractivity contribution is 6.35. The third-order valence-electron chi connectivity index (χ3n) is 3.10. The van der Waals surface area contributed by atoms with Crippen LogP contribution in [0.5, 0.6) is 0 Å². The largest absolute Gasteiger partial charge is 0.471 e. The zero-order chi connectivity index (χ0) is 18.6. The Labute approximate surface area is 150 Å². The smallest absolute Gasteiger partial charge is 0.348 e. The van der Waals surface area contributed by atoms with E-state index in [1.807, 2.05) is 0 Å². The van der Waals surface area contributed by atoms with Gasteiger partial charge in [-0.25, -0.2) is 0 Å². The number of hydrogen-bond acceptors (Lipinski definition) is 2. The molecule has 9 heteroatoms. The second-order valence-electron chi connectivity index (χ2n) is 4.96. The Morgan fingerprint density at radius 1 is 1.00 bits per heavy atom. The minimum Gasteiger partial charge on any atom is -0.348 e. The van der Waals surface area contributed by atoms with Gasteiger partial charge in [-0.3, -0.25) is 9.59 Å². The summed E-state index contributed by atoms with van der Waals surface area (Å²) in [5.74, 6) is -2.49. The van der Waals surface area contributed by atoms with Gasteiger partial charge in [0, 0.05) is 17.3 Å². The number of nitrogens with one attached hydrogen (secondary N) is 2. The SMILES string of the molecule is O=C(NCc1ccc(NC(=O)C(F)(F)F)cc1)c1cc(Cl)ccc1Cl. The Balaban J connectivity index is 1.96. The molecule has 0 heterocycles. The molecule has 132 valence electrons. The summed E-state index contributed by atoms with van der Waals surface area (Å²) in [6.07, 6.45) is -4.96. The topological polar surface area (TPSA) is 58.2 Å². The lowest BCUT2D eigenvalue weighted by Gasteiger charge is -2.10. The van der Waals surface area contributed by atoms with Gasteiger partial charge in [0.25, 0.3) is 5.91 Å². The number of amides is 2. The third kappa shape index (κ3) is 5.37. The summed E-state index contributed by atoms with van der Waals surface area (Å²) in [6, 6.07) is 10.0. The van der Waals surface area contributed by atoms with Crippen molar-refractivity contribution in [3.8, 4) is 0 Å². The van der Waals surface area contributed by atoms with Crippen LogP contribution in [0.15, 0.2) is 42.5 Å². The summed E-state index contributed by atoms with van der Waals surface area (Å²) in [5, 5.41) is 4.95. The molecule has 0 fully saturated rings. The maximum absolute atomic E-state index is 12.2. The van der Waals surface area contributed by atoms with E-state index in [0.717, 1.165) is 0 Å². The Morgan fingerprint density at radius 2 is 1.64 bits per heavy atom. The van der Waals surface area contributed by atoms with Gasteiger partial charge >= 0.3 is 12.1 Å². The number of carbonyl (C=O) groups excluding carboxylic acids is 2. The summed E-state index contributed by atoms with van der Waals surface area (Å²) in [5.41, 5.74) is 0.829. The second-order valence-corrected chi connectivity index (χ2v) is 5.80. The summed E-state index contributed by atoms with van der Waals surface area (Å²) in [4.78, 5) is 22.9. The maximum Gasteiger partial charge on any atom is 0.471 e. The lowest BCUT2D eigenvalue weighted by atomic mass is 10.1. The molecule has 0 radical (unpaired) electrons. The fraction of sp³-hybridized carbons (Fsp3) is 0.125. The number of benzene rings is 2. The zero-order valence-electron chi connectivity index (χ0n) is 12.5. The van der Waals surface area contributed by atoms with Crippen molar-refractivity contribution in [3.05, 3.63) is 63.6 Å². The molecule has 0 saturated carbocycles. The standard InChI is InChI=1S/C16H11Cl2F3N2O2/c17-10-3-6-13(18)12(7-10)14(24)22-8-9-1-4-11(5-2-9)23-15(25)16(19,20)21/h1-7H,8H2,(H,22,24)(H,23,25). The van der Waals surface area contributed by atoms with Gasteiger partial charge in [-0.05, 0) is 35.9 Å². The average Bonchev–Trinajstić information content (AvgIpc) is 2.55. The van der Waals surface area contributed by atoms with Crippen LogP contribution >= 0.6 is 23.2 Å². The van der Waals surface area contributed by atoms with Crippen LogP contribution < -0.4 is 10.6 Å². The van der Waals surface area contributed by atoms with Crippen LogP contribution in [0.3, 0.4) is 0 Å². The first-order chi connectivity index (χ1) is 11.7. The van der Waals surface area contributed by atoms with Gasteiger partial charge in [0.1, 0.15) is 0 Å². The van der Waals surface area contributed by atoms with Crippen molar-refractivity contribution in [1.29, 1.82) is 0 Å². The van der Waals surface area contributed by atoms with E-state index < -0.39 is 18.0 Å². The van der Waals surface area contributed by atoms with E-state index in [-0.39, 0.29) is 22.8 Å². The van der Waals surface area contributed by atoms with Crippen molar-refractivity contribution in [2.45, 2.75) is 12.7 Å². The zero-order valence-corrected chi connectivity index (χ0v) is 14.0. The lowest BCUT2D eigenvalue weighted by Crippen LogP contribution is -2.29. The summed E-state index contributed by atoms with van der Waals surface area (Å²) < 4.78 is 36.5. The second kappa shape index (κ2) is 7.76. The maximum atomic E-state index is 12.2. The van der Waals surface area contributed by atoms with E-state index in [4.69, 9.17) is 23.2 Å². The van der Waals surface area contributed by atoms with Gasteiger partial charge < -0.3 is 10.6 Å². The Morgan fingerprint density at radius 3 is 2.24 bits per heavy atom. The molecule has 0 aromatic heterocycles. The Hall–Kier alpha value is -2.25. The molecule has 2 rings (SSSR count). The van der Waals surface area contributed by atoms with E-state index in [1.165, 1.54) is 36.4 Å². The monoisotopic (exact) mass is 390 g/mol. The minimum absolute atomic E-state index is 0.00436. The molecule has 0 aliphatic heterocycles. The number of carbonyl (C=O) groups is 2. The van der Waals surface area contributed by atoms with Crippen molar-refractivity contribution >= 4 is 40.7 Å². The molecular weight excluding hydrogens is 380 g/mol. The van der Waals surface area contributed by atoms with Crippen LogP contribution in [0.4, 0.5) is 18.9 Å². The molecule has 2 aromatic rings. The summed E-state index contributed by atoms with van der Waals surface area (Å²) >= 11 is 11.7. The molecular formula is C16H11Cl2F3N2O2. The van der Waals surface area contributed by atoms with E-state index in [0.29, 0.717) is 10.6 Å². The van der Waals surface area contributed by atoms with Crippen molar-refractivity contribution in [2.75, 3.05) is 5.32 Å². The molecule has 0 aliphatic rings. The summed E-state index contributed by atoms with van der Waals surface area (Å²) in [7, 11) is 0. The Bertz CT molecular complexity index is 793. The molecule has 0 aliphatic carbocycles. The van der Waals surface area contributed by atoms with Crippen LogP contribution in [-0.2, 0) is 11.3 Å². The highest BCUT2D eigenvalue weighted by Crippen LogP contribution is 2.21. The van der Waals surface area contributed by atoms with E-state index in [1.54, 1.807) is 11.4 Å². The van der Waals surface area contributed by atoms with Gasteiger partial charge in [0.2, 0.25) is 0 Å². The number of anilines is 1. The normalized spacial score (nSPS) is 11.1. The molecule has 2 aromatic carbocycles. The van der Waals surface area contributed by atoms with Gasteiger partial charge in [0.05, 0.1) is 10.6 Å². The predicted octanol–water partition coefficient (Wildman–Crippen LogP) is 4.42. The third-order valence-corrected chi connectivity index (χ3v) is 3.66. The molecule has 0 bridgehead atoms. The summed E-state index contributed by atoms with van der Waals surface area (Å²) in [6.45, 7) is 0.120. The predicted molar refractivity (Wildman–Crippen MR) is 88.8 cm³/mol. The average molecular weight is 391 g/mol. The van der Waals surface area contributed by atoms with Crippen molar-refractivity contribution < 1.29 is 22.8 Å². The van der Waals surface area contributed by atoms with Crippen molar-refractivity contribution in [1.82, 2.24) is 5.32 Å². The number of alkyl halides is 3. The number of halogens is 5. The van der Waals surface area contributed by atoms with Gasteiger partial charge in [-0.2, -0.15) is 13.2 Å². The number of hydrogen-bond donors (Lipinski definition) is 2. The molecule has 2 N–H and O–H groups in total. The molecule has 4 nitrogen and oxygen atoms in total. The quantitative estimate of drug-likeness (QED) is 0.811. The fourth-order valence-electron chi connectivity index (χ4n) is 1.86. The van der Waals surface area contributed by atoms with Crippen LogP contribution in [0.1, 0.15) is 15.9 Å². The molecule has 0 spiro atoms. The number of rotatable bonds is 4. The van der Waals surface area contributed by atoms with Crippen LogP contribution in [0, 0.1) is 0 Å². The fourth-order valence-corrected chi connectivity index (χ4v) is 2.23. The van der Waals surface area contributed by atoms with E-state index >= 15 is 0 Å². The first-order valence-electron chi connectivity index (χ1n) is 6.87. The van der Waals surface area contributed by atoms with Gasteiger partial charge in [-0.15, -0.1) is 0 Å². The minimum atomic E-state index is -4.96. The van der Waals surface area contributed by atoms with Gasteiger partial charge in [0.15, 0.2) is 0 Å². The van der Waals surface area contributed by atoms with E-state index in [2.05, 4.69) is 5.32 Å². The Kier molecular flexibility index (Phi) is 5.92. The first kappa shape index (κ1) is 19.1. The molecule has 2 amide bonds. The van der Waals surface area contributed by atoms with E-state index in [9.17, 15) is 22.8 Å². The van der Waals surface area contributed by atoms with Crippen LogP contribution in [-0.4, -0.2) is 18.0 Å². The highest BCUT2D eigenvalue weighted by Gasteiger charge is 2.38. The first-order valence-corrected chi connectivity index (χ1v) is 7.63. The van der Waals surface area contributed by atoms with Crippen molar-refractivity contribution in [3.63, 3.8) is 0 Å². The van der Waals surface area contributed by atoms with Crippen LogP contribution in [0.25, 0.3) is 0 Å². The molecule has 25 heavy (non-hydrogen) atoms. The molecule has 0 atom stereocenters. The lowest BCUT2D eigenvalue weighted by molar-refractivity contribution is -0.167. The molecule has 0 saturated heterocycles. The van der Waals surface area contributed by atoms with Crippen LogP contribution in [0.2, 0.25) is 10.0 Å². The highest BCUT2D eigenvalue weighted by atomic mass is 35.5.